The number of hydrogen-bond acceptors (Lipinski definition) is 5. The maximum Gasteiger partial charge on any atom is 0.313 e. The summed E-state index contributed by atoms with van der Waals surface area (Å²) in [4.78, 5) is 11.5. The average molecular weight is 227 g/mol. The van der Waals surface area contributed by atoms with E-state index in [-0.39, 0.29) is 6.61 Å². The van der Waals surface area contributed by atoms with Crippen LogP contribution in [0, 0.1) is 5.41 Å². The quantitative estimate of drug-likeness (QED) is 0.748. The smallest absolute Gasteiger partial charge is 0.313 e. The molecule has 0 fully saturated rings. The first-order valence-electron chi connectivity index (χ1n) is 4.97. The summed E-state index contributed by atoms with van der Waals surface area (Å²) < 4.78 is 9.97. The summed E-state index contributed by atoms with van der Waals surface area (Å²) in [7, 11) is 1.32. The SMILES string of the molecule is COC(=O)C(C)(C)[C@H](N)c1ccc(CO)o1. The van der Waals surface area contributed by atoms with Gasteiger partial charge in [0.05, 0.1) is 18.6 Å². The van der Waals surface area contributed by atoms with Gasteiger partial charge in [-0.1, -0.05) is 0 Å². The molecule has 3 N–H and O–H groups in total. The van der Waals surface area contributed by atoms with Crippen molar-refractivity contribution in [3.8, 4) is 0 Å². The normalized spacial score (nSPS) is 13.6. The molecule has 0 aliphatic rings. The number of rotatable bonds is 4. The van der Waals surface area contributed by atoms with E-state index in [1.807, 2.05) is 0 Å². The first kappa shape index (κ1) is 12.7. The van der Waals surface area contributed by atoms with Gasteiger partial charge in [-0.25, -0.2) is 0 Å². The Morgan fingerprint density at radius 3 is 2.69 bits per heavy atom. The van der Waals surface area contributed by atoms with Gasteiger partial charge in [0.15, 0.2) is 0 Å². The van der Waals surface area contributed by atoms with E-state index in [1.165, 1.54) is 7.11 Å². The number of aliphatic hydroxyl groups is 1. The van der Waals surface area contributed by atoms with Crippen LogP contribution in [0.2, 0.25) is 0 Å². The maximum absolute atomic E-state index is 11.5. The Kier molecular flexibility index (Phi) is 3.72. The molecule has 0 saturated carbocycles. The van der Waals surface area contributed by atoms with Crippen LogP contribution in [0.25, 0.3) is 0 Å². The van der Waals surface area contributed by atoms with E-state index < -0.39 is 17.4 Å². The number of aliphatic hydroxyl groups excluding tert-OH is 1. The number of hydrogen-bond donors (Lipinski definition) is 2. The van der Waals surface area contributed by atoms with Crippen LogP contribution < -0.4 is 5.73 Å². The van der Waals surface area contributed by atoms with Crippen LogP contribution in [0.15, 0.2) is 16.5 Å². The molecule has 90 valence electrons. The van der Waals surface area contributed by atoms with Gasteiger partial charge in [0.25, 0.3) is 0 Å². The zero-order valence-corrected chi connectivity index (χ0v) is 9.69. The van der Waals surface area contributed by atoms with Crippen LogP contribution in [0.3, 0.4) is 0 Å². The number of furan rings is 1. The molecular weight excluding hydrogens is 210 g/mol. The minimum atomic E-state index is -0.876. The lowest BCUT2D eigenvalue weighted by Crippen LogP contribution is -2.37. The first-order chi connectivity index (χ1) is 7.43. The zero-order valence-electron chi connectivity index (χ0n) is 9.69. The fourth-order valence-corrected chi connectivity index (χ4v) is 1.39. The Balaban J connectivity index is 2.92. The number of nitrogens with two attached hydrogens (primary N) is 1. The minimum Gasteiger partial charge on any atom is -0.469 e. The molecule has 1 heterocycles. The lowest BCUT2D eigenvalue weighted by atomic mass is 9.83. The van der Waals surface area contributed by atoms with Crippen molar-refractivity contribution in [3.05, 3.63) is 23.7 Å². The summed E-state index contributed by atoms with van der Waals surface area (Å²) >= 11 is 0. The highest BCUT2D eigenvalue weighted by molar-refractivity contribution is 5.76. The number of methoxy groups -OCH3 is 1. The van der Waals surface area contributed by atoms with E-state index in [2.05, 4.69) is 4.74 Å². The van der Waals surface area contributed by atoms with Crippen molar-refractivity contribution >= 4 is 5.97 Å². The van der Waals surface area contributed by atoms with Gasteiger partial charge in [-0.15, -0.1) is 0 Å². The number of carbonyl (C=O) groups excluding carboxylic acids is 1. The van der Waals surface area contributed by atoms with Crippen LogP contribution in [0.5, 0.6) is 0 Å². The molecule has 0 bridgehead atoms. The molecule has 0 amide bonds. The highest BCUT2D eigenvalue weighted by Gasteiger charge is 2.38. The lowest BCUT2D eigenvalue weighted by Gasteiger charge is -2.26. The average Bonchev–Trinajstić information content (AvgIpc) is 2.75. The predicted molar refractivity (Wildman–Crippen MR) is 57.4 cm³/mol. The second-order valence-corrected chi connectivity index (χ2v) is 4.15. The molecule has 0 aromatic carbocycles. The molecule has 1 aromatic rings. The highest BCUT2D eigenvalue weighted by atomic mass is 16.5. The third kappa shape index (κ3) is 2.25. The van der Waals surface area contributed by atoms with Gasteiger partial charge >= 0.3 is 5.97 Å². The van der Waals surface area contributed by atoms with Gasteiger partial charge in [0.2, 0.25) is 0 Å². The summed E-state index contributed by atoms with van der Waals surface area (Å²) in [6.07, 6.45) is 0. The Morgan fingerprint density at radius 2 is 2.25 bits per heavy atom. The van der Waals surface area contributed by atoms with Gasteiger partial charge in [0, 0.05) is 0 Å². The van der Waals surface area contributed by atoms with Gasteiger partial charge in [-0.2, -0.15) is 0 Å². The van der Waals surface area contributed by atoms with Crippen molar-refractivity contribution in [1.29, 1.82) is 0 Å². The largest absolute Gasteiger partial charge is 0.469 e. The van der Waals surface area contributed by atoms with Crippen molar-refractivity contribution in [2.75, 3.05) is 7.11 Å². The third-order valence-electron chi connectivity index (χ3n) is 2.63. The molecule has 0 saturated heterocycles. The molecule has 1 rings (SSSR count). The van der Waals surface area contributed by atoms with Gasteiger partial charge in [-0.3, -0.25) is 4.79 Å². The van der Waals surface area contributed by atoms with Crippen molar-refractivity contribution in [3.63, 3.8) is 0 Å². The molecule has 0 aliphatic carbocycles. The second kappa shape index (κ2) is 4.67. The van der Waals surface area contributed by atoms with Crippen LogP contribution in [0.1, 0.15) is 31.4 Å². The zero-order chi connectivity index (χ0) is 12.3. The molecule has 0 radical (unpaired) electrons. The Hall–Kier alpha value is -1.33. The fourth-order valence-electron chi connectivity index (χ4n) is 1.39. The monoisotopic (exact) mass is 227 g/mol. The highest BCUT2D eigenvalue weighted by Crippen LogP contribution is 2.33. The molecular formula is C11H17NO4. The van der Waals surface area contributed by atoms with Crippen molar-refractivity contribution in [2.24, 2.45) is 11.1 Å². The molecule has 5 nitrogen and oxygen atoms in total. The van der Waals surface area contributed by atoms with E-state index in [0.717, 1.165) is 0 Å². The van der Waals surface area contributed by atoms with Crippen LogP contribution in [0.4, 0.5) is 0 Å². The Morgan fingerprint density at radius 1 is 1.62 bits per heavy atom. The van der Waals surface area contributed by atoms with Crippen LogP contribution in [-0.4, -0.2) is 18.2 Å². The van der Waals surface area contributed by atoms with Gasteiger partial charge in [0.1, 0.15) is 18.1 Å². The third-order valence-corrected chi connectivity index (χ3v) is 2.63. The summed E-state index contributed by atoms with van der Waals surface area (Å²) in [6, 6.07) is 2.67. The molecule has 16 heavy (non-hydrogen) atoms. The minimum absolute atomic E-state index is 0.189. The summed E-state index contributed by atoms with van der Waals surface area (Å²) in [6.45, 7) is 3.18. The van der Waals surface area contributed by atoms with Crippen LogP contribution >= 0.6 is 0 Å². The van der Waals surface area contributed by atoms with E-state index in [1.54, 1.807) is 26.0 Å². The van der Waals surface area contributed by atoms with E-state index >= 15 is 0 Å². The van der Waals surface area contributed by atoms with Crippen LogP contribution in [-0.2, 0) is 16.1 Å². The summed E-state index contributed by atoms with van der Waals surface area (Å²) in [5.41, 5.74) is 5.07. The van der Waals surface area contributed by atoms with Crippen molar-refractivity contribution in [1.82, 2.24) is 0 Å². The lowest BCUT2D eigenvalue weighted by molar-refractivity contribution is -0.152. The summed E-state index contributed by atoms with van der Waals surface area (Å²) in [5.74, 6) is 0.479. The predicted octanol–water partition coefficient (Wildman–Crippen LogP) is 0.971. The van der Waals surface area contributed by atoms with Gasteiger partial charge < -0.3 is 20.0 Å². The van der Waals surface area contributed by atoms with E-state index in [9.17, 15) is 4.79 Å². The summed E-state index contributed by atoms with van der Waals surface area (Å²) in [5, 5.41) is 8.86. The Labute approximate surface area is 94.2 Å². The molecule has 0 spiro atoms. The molecule has 1 aromatic heterocycles. The maximum atomic E-state index is 11.5. The van der Waals surface area contributed by atoms with Crippen molar-refractivity contribution in [2.45, 2.75) is 26.5 Å². The van der Waals surface area contributed by atoms with E-state index in [4.69, 9.17) is 15.3 Å². The number of ether oxygens (including phenoxy) is 1. The topological polar surface area (TPSA) is 85.7 Å². The Bertz CT molecular complexity index is 370. The molecule has 0 aliphatic heterocycles. The molecule has 5 heteroatoms. The van der Waals surface area contributed by atoms with Crippen molar-refractivity contribution < 1.29 is 19.1 Å². The van der Waals surface area contributed by atoms with Gasteiger partial charge in [-0.05, 0) is 26.0 Å². The number of esters is 1. The first-order valence-corrected chi connectivity index (χ1v) is 4.97. The second-order valence-electron chi connectivity index (χ2n) is 4.15. The molecule has 1 atom stereocenters. The van der Waals surface area contributed by atoms with E-state index in [0.29, 0.717) is 11.5 Å². The number of carbonyl (C=O) groups is 1. The standard InChI is InChI=1S/C11H17NO4/c1-11(2,10(14)15-3)9(12)8-5-4-7(6-13)16-8/h4-5,9,13H,6,12H2,1-3H3/t9-/m1/s1. The fraction of sp³-hybridized carbons (Fsp3) is 0.545. The molecule has 0 unspecified atom stereocenters.